The van der Waals surface area contributed by atoms with Crippen LogP contribution in [0.15, 0.2) is 25.0 Å². The fourth-order valence-electron chi connectivity index (χ4n) is 2.96. The van der Waals surface area contributed by atoms with Gasteiger partial charge < -0.3 is 35.6 Å². The third-order valence-corrected chi connectivity index (χ3v) is 7.38. The highest BCUT2D eigenvalue weighted by Gasteiger charge is 2.46. The summed E-state index contributed by atoms with van der Waals surface area (Å²) in [6.45, 7) is -0.816. The van der Waals surface area contributed by atoms with Crippen LogP contribution >= 0.6 is 15.6 Å². The fourth-order valence-corrected chi connectivity index (χ4v) is 5.31. The van der Waals surface area contributed by atoms with Crippen LogP contribution in [-0.4, -0.2) is 73.8 Å². The van der Waals surface area contributed by atoms with Gasteiger partial charge in [-0.2, -0.15) is 9.29 Å². The predicted molar refractivity (Wildman–Crippen MR) is 99.4 cm³/mol. The number of nitrogen functional groups attached to an aromatic ring is 1. The molecule has 0 bridgehead atoms. The molecule has 4 heterocycles. The van der Waals surface area contributed by atoms with Crippen molar-refractivity contribution in [1.29, 1.82) is 0 Å². The molecule has 0 radical (unpaired) electrons. The monoisotopic (exact) mass is 492 g/mol. The van der Waals surface area contributed by atoms with Crippen LogP contribution in [-0.2, 0) is 22.7 Å². The van der Waals surface area contributed by atoms with Gasteiger partial charge in [0.1, 0.15) is 30.2 Å². The number of aliphatic hydroxyl groups excluding tert-OH is 2. The van der Waals surface area contributed by atoms with E-state index in [1.54, 1.807) is 0 Å². The zero-order chi connectivity index (χ0) is 23.3. The number of rotatable bonds is 7. The third kappa shape index (κ3) is 4.25. The van der Waals surface area contributed by atoms with Gasteiger partial charge in [-0.15, -0.1) is 0 Å². The highest BCUT2D eigenvalue weighted by atomic mass is 31.3. The zero-order valence-electron chi connectivity index (χ0n) is 15.7. The lowest BCUT2D eigenvalue weighted by Crippen LogP contribution is -2.33. The Kier molecular flexibility index (Phi) is 5.79. The van der Waals surface area contributed by atoms with Crippen molar-refractivity contribution in [2.75, 3.05) is 12.3 Å². The topological polar surface area (TPSA) is 253 Å². The van der Waals surface area contributed by atoms with Crippen LogP contribution in [0, 0.1) is 0 Å². The van der Waals surface area contributed by atoms with Crippen molar-refractivity contribution in [3.8, 4) is 5.88 Å². The molecule has 6 atom stereocenters. The molecule has 19 heteroatoms. The van der Waals surface area contributed by atoms with Gasteiger partial charge in [-0.1, -0.05) is 0 Å². The fraction of sp³-hybridized carbons (Fsp3) is 0.385. The van der Waals surface area contributed by atoms with Crippen molar-refractivity contribution in [3.05, 3.63) is 25.0 Å². The quantitative estimate of drug-likeness (QED) is 0.225. The predicted octanol–water partition coefficient (Wildman–Crippen LogP) is -1.92. The summed E-state index contributed by atoms with van der Waals surface area (Å²) in [5.74, 6) is -1.11. The molecule has 174 valence electrons. The number of hydrogen-bond donors (Lipinski definition) is 5. The average molecular weight is 492 g/mol. The second kappa shape index (κ2) is 8.15. The molecule has 17 nitrogen and oxygen atoms in total. The number of ether oxygens (including phenoxy) is 1. The molecule has 2 unspecified atom stereocenters. The number of aromatic nitrogens is 6. The van der Waals surface area contributed by atoms with Crippen LogP contribution in [0.5, 0.6) is 5.88 Å². The molecule has 0 aliphatic carbocycles. The first-order valence-electron chi connectivity index (χ1n) is 8.67. The van der Waals surface area contributed by atoms with Crippen LogP contribution in [0.2, 0.25) is 0 Å². The van der Waals surface area contributed by atoms with E-state index in [1.165, 1.54) is 0 Å². The molecule has 6 N–H and O–H groups in total. The first kappa shape index (κ1) is 22.7. The van der Waals surface area contributed by atoms with E-state index in [2.05, 4.69) is 28.8 Å². The van der Waals surface area contributed by atoms with Crippen LogP contribution < -0.4 is 10.8 Å². The highest BCUT2D eigenvalue weighted by Crippen LogP contribution is 2.60. The number of phosphoric ester groups is 1. The smallest absolute Gasteiger partial charge is 0.480 e. The van der Waals surface area contributed by atoms with E-state index < -0.39 is 52.6 Å². The number of nitrogens with zero attached hydrogens (tertiary/aromatic N) is 6. The van der Waals surface area contributed by atoms with Crippen molar-refractivity contribution >= 4 is 32.7 Å². The molecule has 1 saturated heterocycles. The summed E-state index contributed by atoms with van der Waals surface area (Å²) in [6.07, 6.45) is -1.75. The van der Waals surface area contributed by atoms with Gasteiger partial charge in [-0.05, 0) is 0 Å². The molecule has 0 saturated carbocycles. The van der Waals surface area contributed by atoms with Gasteiger partial charge in [0, 0.05) is 18.3 Å². The van der Waals surface area contributed by atoms with Gasteiger partial charge in [0.2, 0.25) is 5.95 Å². The van der Waals surface area contributed by atoms with Gasteiger partial charge >= 0.3 is 15.6 Å². The molecular weight excluding hydrogens is 476 g/mol. The zero-order valence-corrected chi connectivity index (χ0v) is 17.5. The maximum absolute atomic E-state index is 12.1. The van der Waals surface area contributed by atoms with Crippen LogP contribution in [0.25, 0.3) is 11.2 Å². The molecule has 1 fully saturated rings. The summed E-state index contributed by atoms with van der Waals surface area (Å²) in [7, 11) is -9.92. The molecular formula is C13H16N7O10P2-. The second-order valence-corrected chi connectivity index (χ2v) is 9.83. The maximum atomic E-state index is 12.1. The molecule has 32 heavy (non-hydrogen) atoms. The Bertz CT molecular complexity index is 1220. The van der Waals surface area contributed by atoms with Gasteiger partial charge in [0.15, 0.2) is 11.9 Å². The van der Waals surface area contributed by atoms with Gasteiger partial charge in [-0.25, -0.2) is 28.4 Å². The summed E-state index contributed by atoms with van der Waals surface area (Å²) >= 11 is 0. The number of hydrogen-bond acceptors (Lipinski definition) is 13. The van der Waals surface area contributed by atoms with E-state index in [-0.39, 0.29) is 17.1 Å². The first-order chi connectivity index (χ1) is 15.0. The lowest BCUT2D eigenvalue weighted by molar-refractivity contribution is -0.272. The summed E-state index contributed by atoms with van der Waals surface area (Å²) < 4.78 is 40.3. The molecule has 0 amide bonds. The highest BCUT2D eigenvalue weighted by molar-refractivity contribution is 7.63. The van der Waals surface area contributed by atoms with Crippen molar-refractivity contribution in [2.45, 2.75) is 24.5 Å². The van der Waals surface area contributed by atoms with Crippen molar-refractivity contribution < 1.29 is 47.8 Å². The largest absolute Gasteiger partial charge is 0.857 e. The molecule has 3 aromatic heterocycles. The van der Waals surface area contributed by atoms with E-state index in [4.69, 9.17) is 10.5 Å². The standard InChI is InChI=1S/C13H17N7O10P2/c14-13-17-10-7(11(23)18-13)16-5-20(10)12-9(22)8(21)6(29-12)3-28-32(26,27)30-31(24,25)19-2-1-15-4-19/h1-2,4-6,8-9,12,21-22H,3H2,(H,24,25)(H,26,27)(H3,14,17,18,23)/p-1/t6-,8-,9-,12-/m1/s1. The summed E-state index contributed by atoms with van der Waals surface area (Å²) in [5.41, 5.74) is 5.24. The average Bonchev–Trinajstić information content (AvgIpc) is 3.41. The minimum atomic E-state index is -5.12. The molecule has 0 aromatic carbocycles. The molecule has 3 aromatic rings. The molecule has 1 aliphatic rings. The number of phosphoric acid groups is 1. The molecule has 0 spiro atoms. The maximum Gasteiger partial charge on any atom is 0.480 e. The van der Waals surface area contributed by atoms with E-state index in [0.29, 0.717) is 4.34 Å². The van der Waals surface area contributed by atoms with Crippen LogP contribution in [0.4, 0.5) is 5.95 Å². The SMILES string of the molecule is Nc1nc([O-])c2ncn([C@@H]3O[C@H](COP(=O)(O)OP(=O)(O)n4ccnc4)[C@@H](O)[C@H]3O)c2n1. The van der Waals surface area contributed by atoms with Crippen LogP contribution in [0.1, 0.15) is 6.23 Å². The lowest BCUT2D eigenvalue weighted by Gasteiger charge is -2.19. The van der Waals surface area contributed by atoms with Crippen LogP contribution in [0.3, 0.4) is 0 Å². The summed E-state index contributed by atoms with van der Waals surface area (Å²) in [6, 6.07) is 0. The minimum Gasteiger partial charge on any atom is -0.857 e. The Morgan fingerprint density at radius 2 is 1.97 bits per heavy atom. The van der Waals surface area contributed by atoms with E-state index >= 15 is 0 Å². The van der Waals surface area contributed by atoms with Crippen molar-refractivity contribution in [3.63, 3.8) is 0 Å². The Morgan fingerprint density at radius 1 is 1.22 bits per heavy atom. The summed E-state index contributed by atoms with van der Waals surface area (Å²) in [4.78, 5) is 34.2. The Labute approximate surface area is 177 Å². The third-order valence-electron chi connectivity index (χ3n) is 4.41. The second-order valence-electron chi connectivity index (χ2n) is 6.54. The Morgan fingerprint density at radius 3 is 2.66 bits per heavy atom. The normalized spacial score (nSPS) is 27.4. The lowest BCUT2D eigenvalue weighted by atomic mass is 10.1. The van der Waals surface area contributed by atoms with Gasteiger partial charge in [-0.3, -0.25) is 9.09 Å². The number of anilines is 1. The van der Waals surface area contributed by atoms with Gasteiger partial charge in [0.25, 0.3) is 0 Å². The van der Waals surface area contributed by atoms with Crippen molar-refractivity contribution in [2.24, 2.45) is 0 Å². The molecule has 4 rings (SSSR count). The van der Waals surface area contributed by atoms with Gasteiger partial charge in [0.05, 0.1) is 12.9 Å². The number of aliphatic hydroxyl groups is 2. The molecule has 1 aliphatic heterocycles. The van der Waals surface area contributed by atoms with Crippen molar-refractivity contribution in [1.82, 2.24) is 28.8 Å². The van der Waals surface area contributed by atoms with E-state index in [9.17, 15) is 34.2 Å². The Hall–Kier alpha value is -2.46. The van der Waals surface area contributed by atoms with E-state index in [0.717, 1.165) is 29.6 Å². The number of nitrogens with two attached hydrogens (primary N) is 1. The summed E-state index contributed by atoms with van der Waals surface area (Å²) in [5, 5.41) is 32.4. The first-order valence-corrected chi connectivity index (χ1v) is 11.7. The number of fused-ring (bicyclic) bond motifs is 1. The van der Waals surface area contributed by atoms with E-state index in [1.807, 2.05) is 0 Å². The Balaban J connectivity index is 1.47. The number of imidazole rings is 2. The minimum absolute atomic E-state index is 0.0713.